The minimum Gasteiger partial charge on any atom is -0.504 e. The van der Waals surface area contributed by atoms with E-state index in [4.69, 9.17) is 11.6 Å². The van der Waals surface area contributed by atoms with Gasteiger partial charge >= 0.3 is 0 Å². The Labute approximate surface area is 128 Å². The molecule has 0 atom stereocenters. The molecule has 0 aliphatic rings. The second-order valence-electron chi connectivity index (χ2n) is 4.98. The summed E-state index contributed by atoms with van der Waals surface area (Å²) in [4.78, 5) is 0.0974. The average Bonchev–Trinajstić information content (AvgIpc) is 2.37. The molecule has 0 unspecified atom stereocenters. The van der Waals surface area contributed by atoms with Crippen molar-refractivity contribution in [3.05, 3.63) is 46.0 Å². The third-order valence-corrected chi connectivity index (χ3v) is 5.75. The third kappa shape index (κ3) is 2.71. The highest BCUT2D eigenvalue weighted by atomic mass is 35.5. The molecular formula is C15H15ClO4S. The van der Waals surface area contributed by atoms with Crippen LogP contribution in [0, 0.1) is 20.8 Å². The first kappa shape index (κ1) is 15.7. The quantitative estimate of drug-likeness (QED) is 0.828. The van der Waals surface area contributed by atoms with Crippen LogP contribution in [0.1, 0.15) is 16.7 Å². The lowest BCUT2D eigenvalue weighted by atomic mass is 10.2. The zero-order chi connectivity index (χ0) is 15.9. The second-order valence-corrected chi connectivity index (χ2v) is 7.27. The van der Waals surface area contributed by atoms with Gasteiger partial charge in [0.2, 0.25) is 9.84 Å². The highest BCUT2D eigenvalue weighted by Crippen LogP contribution is 2.35. The molecule has 0 amide bonds. The predicted octanol–water partition coefficient (Wildman–Crippen LogP) is 3.51. The van der Waals surface area contributed by atoms with Crippen LogP contribution in [0.25, 0.3) is 0 Å². The fourth-order valence-electron chi connectivity index (χ4n) is 2.11. The molecule has 0 aliphatic carbocycles. The Morgan fingerprint density at radius 3 is 1.90 bits per heavy atom. The molecule has 0 bridgehead atoms. The Bertz CT molecular complexity index is 763. The fraction of sp³-hybridized carbons (Fsp3) is 0.200. The minimum atomic E-state index is -3.81. The van der Waals surface area contributed by atoms with Crippen molar-refractivity contribution in [2.45, 2.75) is 30.6 Å². The van der Waals surface area contributed by atoms with Gasteiger partial charge in [0.1, 0.15) is 0 Å². The summed E-state index contributed by atoms with van der Waals surface area (Å²) in [5.74, 6) is -0.821. The van der Waals surface area contributed by atoms with E-state index in [0.29, 0.717) is 21.7 Å². The molecule has 6 heteroatoms. The first-order valence-corrected chi connectivity index (χ1v) is 8.05. The van der Waals surface area contributed by atoms with Crippen molar-refractivity contribution in [3.8, 4) is 11.5 Å². The van der Waals surface area contributed by atoms with Crippen LogP contribution in [0.3, 0.4) is 0 Å². The molecule has 2 rings (SSSR count). The molecule has 21 heavy (non-hydrogen) atoms. The Balaban J connectivity index is 2.74. The molecule has 0 aromatic heterocycles. The molecule has 2 N–H and O–H groups in total. The van der Waals surface area contributed by atoms with Crippen molar-refractivity contribution in [1.29, 1.82) is 0 Å². The van der Waals surface area contributed by atoms with Gasteiger partial charge in [0, 0.05) is 11.1 Å². The molecular weight excluding hydrogens is 312 g/mol. The van der Waals surface area contributed by atoms with E-state index in [1.807, 2.05) is 0 Å². The van der Waals surface area contributed by atoms with Gasteiger partial charge in [0.25, 0.3) is 0 Å². The SMILES string of the molecule is Cc1cc(S(=O)(=O)c2cc(O)c(O)cc2C)c(C)cc1Cl. The standard InChI is InChI=1S/C15H15ClO4S/c1-8-6-14(9(2)4-11(8)16)21(19,20)15-7-13(18)12(17)5-10(15)3/h4-7,17-18H,1-3H3. The van der Waals surface area contributed by atoms with Gasteiger partial charge in [-0.15, -0.1) is 0 Å². The van der Waals surface area contributed by atoms with E-state index in [9.17, 15) is 18.6 Å². The number of sulfone groups is 1. The molecule has 0 radical (unpaired) electrons. The minimum absolute atomic E-state index is 0.0392. The van der Waals surface area contributed by atoms with Gasteiger partial charge in [-0.25, -0.2) is 8.42 Å². The van der Waals surface area contributed by atoms with Gasteiger partial charge in [-0.1, -0.05) is 11.6 Å². The first-order valence-electron chi connectivity index (χ1n) is 6.19. The number of aromatic hydroxyl groups is 2. The molecule has 4 nitrogen and oxygen atoms in total. The number of halogens is 1. The number of hydrogen-bond acceptors (Lipinski definition) is 4. The number of aryl methyl sites for hydroxylation is 3. The fourth-order valence-corrected chi connectivity index (χ4v) is 4.13. The lowest BCUT2D eigenvalue weighted by Gasteiger charge is -2.13. The van der Waals surface area contributed by atoms with Crippen molar-refractivity contribution in [2.24, 2.45) is 0 Å². The van der Waals surface area contributed by atoms with Crippen LogP contribution >= 0.6 is 11.6 Å². The van der Waals surface area contributed by atoms with Crippen LogP contribution in [0.4, 0.5) is 0 Å². The van der Waals surface area contributed by atoms with E-state index >= 15 is 0 Å². The van der Waals surface area contributed by atoms with Gasteiger partial charge in [0.15, 0.2) is 11.5 Å². The summed E-state index contributed by atoms with van der Waals surface area (Å²) in [5.41, 5.74) is 1.54. The van der Waals surface area contributed by atoms with E-state index in [-0.39, 0.29) is 15.5 Å². The summed E-state index contributed by atoms with van der Waals surface area (Å²) in [7, 11) is -3.81. The lowest BCUT2D eigenvalue weighted by molar-refractivity contribution is 0.401. The number of phenolic OH excluding ortho intramolecular Hbond substituents is 2. The summed E-state index contributed by atoms with van der Waals surface area (Å²) in [5, 5.41) is 19.5. The molecule has 112 valence electrons. The first-order chi connectivity index (χ1) is 9.64. The van der Waals surface area contributed by atoms with Crippen LogP contribution in [0.15, 0.2) is 34.1 Å². The Morgan fingerprint density at radius 2 is 1.29 bits per heavy atom. The van der Waals surface area contributed by atoms with Gasteiger partial charge in [-0.3, -0.25) is 0 Å². The molecule has 0 fully saturated rings. The maximum atomic E-state index is 12.8. The summed E-state index contributed by atoms with van der Waals surface area (Å²) in [6.07, 6.45) is 0. The second kappa shape index (κ2) is 5.24. The Hall–Kier alpha value is -1.72. The van der Waals surface area contributed by atoms with E-state index in [2.05, 4.69) is 0 Å². The predicted molar refractivity (Wildman–Crippen MR) is 80.9 cm³/mol. The molecule has 0 heterocycles. The van der Waals surface area contributed by atoms with E-state index in [0.717, 1.165) is 6.07 Å². The highest BCUT2D eigenvalue weighted by molar-refractivity contribution is 7.91. The van der Waals surface area contributed by atoms with Gasteiger partial charge < -0.3 is 10.2 Å². The number of rotatable bonds is 2. The molecule has 2 aromatic carbocycles. The average molecular weight is 327 g/mol. The molecule has 0 spiro atoms. The maximum Gasteiger partial charge on any atom is 0.207 e. The highest BCUT2D eigenvalue weighted by Gasteiger charge is 2.24. The van der Waals surface area contributed by atoms with Crippen LogP contribution in [-0.2, 0) is 9.84 Å². The van der Waals surface area contributed by atoms with Crippen LogP contribution in [0.2, 0.25) is 5.02 Å². The van der Waals surface area contributed by atoms with Gasteiger partial charge in [0.05, 0.1) is 9.79 Å². The van der Waals surface area contributed by atoms with Crippen molar-refractivity contribution in [3.63, 3.8) is 0 Å². The molecule has 0 saturated carbocycles. The lowest BCUT2D eigenvalue weighted by Crippen LogP contribution is -2.06. The van der Waals surface area contributed by atoms with E-state index in [1.165, 1.54) is 12.1 Å². The van der Waals surface area contributed by atoms with Crippen molar-refractivity contribution in [2.75, 3.05) is 0 Å². The van der Waals surface area contributed by atoms with Gasteiger partial charge in [-0.05, 0) is 55.7 Å². The van der Waals surface area contributed by atoms with Crippen LogP contribution < -0.4 is 0 Å². The topological polar surface area (TPSA) is 74.6 Å². The maximum absolute atomic E-state index is 12.8. The molecule has 2 aromatic rings. The van der Waals surface area contributed by atoms with Crippen LogP contribution in [-0.4, -0.2) is 18.6 Å². The van der Waals surface area contributed by atoms with E-state index < -0.39 is 15.6 Å². The Kier molecular flexibility index (Phi) is 3.91. The Morgan fingerprint density at radius 1 is 0.810 bits per heavy atom. The molecule has 0 aliphatic heterocycles. The zero-order valence-electron chi connectivity index (χ0n) is 11.8. The normalized spacial score (nSPS) is 11.6. The third-order valence-electron chi connectivity index (χ3n) is 3.31. The van der Waals surface area contributed by atoms with Crippen molar-refractivity contribution in [1.82, 2.24) is 0 Å². The summed E-state index contributed by atoms with van der Waals surface area (Å²) in [6, 6.07) is 5.39. The smallest absolute Gasteiger partial charge is 0.207 e. The number of phenols is 2. The number of benzene rings is 2. The largest absolute Gasteiger partial charge is 0.504 e. The number of hydrogen-bond donors (Lipinski definition) is 2. The van der Waals surface area contributed by atoms with Crippen molar-refractivity contribution < 1.29 is 18.6 Å². The van der Waals surface area contributed by atoms with Crippen LogP contribution in [0.5, 0.6) is 11.5 Å². The monoisotopic (exact) mass is 326 g/mol. The van der Waals surface area contributed by atoms with E-state index in [1.54, 1.807) is 26.8 Å². The summed E-state index contributed by atoms with van der Waals surface area (Å²) >= 11 is 5.99. The van der Waals surface area contributed by atoms with Gasteiger partial charge in [-0.2, -0.15) is 0 Å². The zero-order valence-corrected chi connectivity index (χ0v) is 13.4. The van der Waals surface area contributed by atoms with Crippen molar-refractivity contribution >= 4 is 21.4 Å². The summed E-state index contributed by atoms with van der Waals surface area (Å²) in [6.45, 7) is 4.94. The molecule has 0 saturated heterocycles. The summed E-state index contributed by atoms with van der Waals surface area (Å²) < 4.78 is 25.5.